The Balaban J connectivity index is 1.42. The van der Waals surface area contributed by atoms with Crippen LogP contribution >= 0.6 is 0 Å². The number of carbonyl (C=O) groups is 1. The molecule has 1 heterocycles. The Bertz CT molecular complexity index is 826. The molecule has 0 aromatic heterocycles. The molecule has 1 saturated carbocycles. The van der Waals surface area contributed by atoms with Crippen molar-refractivity contribution in [3.05, 3.63) is 54.1 Å². The van der Waals surface area contributed by atoms with E-state index in [0.717, 1.165) is 38.4 Å². The lowest BCUT2D eigenvalue weighted by Gasteiger charge is -2.33. The molecule has 2 aliphatic rings. The molecule has 1 amide bonds. The molecule has 0 bridgehead atoms. The van der Waals surface area contributed by atoms with Gasteiger partial charge in [0, 0.05) is 19.1 Å². The van der Waals surface area contributed by atoms with Crippen molar-refractivity contribution >= 4 is 5.91 Å². The zero-order valence-electron chi connectivity index (χ0n) is 17.1. The van der Waals surface area contributed by atoms with E-state index in [0.29, 0.717) is 35.5 Å². The number of hydrogen-bond acceptors (Lipinski definition) is 4. The number of carbonyl (C=O) groups excluding carboxylic acids is 1. The highest BCUT2D eigenvalue weighted by molar-refractivity contribution is 5.97. The van der Waals surface area contributed by atoms with Gasteiger partial charge >= 0.3 is 0 Å². The first kappa shape index (κ1) is 19.8. The molecular weight excluding hydrogens is 364 g/mol. The quantitative estimate of drug-likeness (QED) is 0.717. The number of rotatable bonds is 8. The molecule has 0 spiro atoms. The van der Waals surface area contributed by atoms with Gasteiger partial charge in [0.05, 0.1) is 12.2 Å². The Labute approximate surface area is 173 Å². The third kappa shape index (κ3) is 5.10. The molecule has 2 fully saturated rings. The SMILES string of the molecule is CCOc1ccccc1Oc1ccccc1C(=O)N1CCC(NCC2CC2)CC1. The molecule has 1 N–H and O–H groups in total. The van der Waals surface area contributed by atoms with Gasteiger partial charge in [0.1, 0.15) is 5.75 Å². The zero-order valence-corrected chi connectivity index (χ0v) is 17.1. The summed E-state index contributed by atoms with van der Waals surface area (Å²) in [5.74, 6) is 2.80. The number of benzene rings is 2. The number of amides is 1. The summed E-state index contributed by atoms with van der Waals surface area (Å²) in [7, 11) is 0. The Hall–Kier alpha value is -2.53. The molecule has 0 unspecified atom stereocenters. The summed E-state index contributed by atoms with van der Waals surface area (Å²) in [6, 6.07) is 15.6. The standard InChI is InChI=1S/C24H30N2O3/c1-2-28-22-9-5-6-10-23(22)29-21-8-4-3-7-20(21)24(27)26-15-13-19(14-16-26)25-17-18-11-12-18/h3-10,18-19,25H,2,11-17H2,1H3. The number of para-hydroxylation sites is 3. The van der Waals surface area contributed by atoms with Crippen LogP contribution in [-0.4, -0.2) is 43.1 Å². The van der Waals surface area contributed by atoms with Gasteiger partial charge in [0.2, 0.25) is 0 Å². The minimum atomic E-state index is 0.0372. The van der Waals surface area contributed by atoms with Gasteiger partial charge in [-0.3, -0.25) is 4.79 Å². The van der Waals surface area contributed by atoms with Gasteiger partial charge < -0.3 is 19.7 Å². The predicted molar refractivity (Wildman–Crippen MR) is 114 cm³/mol. The maximum atomic E-state index is 13.2. The third-order valence-electron chi connectivity index (χ3n) is 5.66. The largest absolute Gasteiger partial charge is 0.490 e. The molecule has 0 radical (unpaired) electrons. The van der Waals surface area contributed by atoms with Crippen molar-refractivity contribution in [2.75, 3.05) is 26.2 Å². The summed E-state index contributed by atoms with van der Waals surface area (Å²) in [5.41, 5.74) is 0.600. The van der Waals surface area contributed by atoms with Gasteiger partial charge in [0.25, 0.3) is 5.91 Å². The van der Waals surface area contributed by atoms with Crippen LogP contribution in [0.2, 0.25) is 0 Å². The van der Waals surface area contributed by atoms with E-state index < -0.39 is 0 Å². The van der Waals surface area contributed by atoms with Gasteiger partial charge in [-0.1, -0.05) is 24.3 Å². The van der Waals surface area contributed by atoms with Crippen LogP contribution in [0.3, 0.4) is 0 Å². The highest BCUT2D eigenvalue weighted by Crippen LogP contribution is 2.33. The van der Waals surface area contributed by atoms with Crippen LogP contribution in [0.4, 0.5) is 0 Å². The number of likely N-dealkylation sites (tertiary alicyclic amines) is 1. The third-order valence-corrected chi connectivity index (χ3v) is 5.66. The fourth-order valence-electron chi connectivity index (χ4n) is 3.77. The Morgan fingerprint density at radius 3 is 2.31 bits per heavy atom. The second-order valence-electron chi connectivity index (χ2n) is 7.90. The van der Waals surface area contributed by atoms with Crippen LogP contribution in [0.25, 0.3) is 0 Å². The van der Waals surface area contributed by atoms with Crippen LogP contribution in [0, 0.1) is 5.92 Å². The summed E-state index contributed by atoms with van der Waals surface area (Å²) in [6.07, 6.45) is 4.75. The van der Waals surface area contributed by atoms with Crippen molar-refractivity contribution in [3.63, 3.8) is 0 Å². The summed E-state index contributed by atoms with van der Waals surface area (Å²) in [6.45, 7) is 5.20. The molecule has 2 aromatic carbocycles. The van der Waals surface area contributed by atoms with Crippen molar-refractivity contribution in [1.82, 2.24) is 10.2 Å². The van der Waals surface area contributed by atoms with E-state index in [1.807, 2.05) is 60.4 Å². The van der Waals surface area contributed by atoms with Crippen LogP contribution in [0.1, 0.15) is 43.0 Å². The number of nitrogens with zero attached hydrogens (tertiary/aromatic N) is 1. The maximum absolute atomic E-state index is 13.2. The van der Waals surface area contributed by atoms with Crippen molar-refractivity contribution in [1.29, 1.82) is 0 Å². The molecule has 5 nitrogen and oxygen atoms in total. The topological polar surface area (TPSA) is 50.8 Å². The summed E-state index contributed by atoms with van der Waals surface area (Å²) in [4.78, 5) is 15.1. The van der Waals surface area contributed by atoms with E-state index in [4.69, 9.17) is 9.47 Å². The molecule has 1 saturated heterocycles. The first-order valence-corrected chi connectivity index (χ1v) is 10.8. The smallest absolute Gasteiger partial charge is 0.257 e. The van der Waals surface area contributed by atoms with E-state index in [1.165, 1.54) is 12.8 Å². The molecule has 1 aliphatic carbocycles. The summed E-state index contributed by atoms with van der Waals surface area (Å²) in [5, 5.41) is 3.67. The predicted octanol–water partition coefficient (Wildman–Crippen LogP) is 4.48. The molecule has 154 valence electrons. The molecule has 1 aliphatic heterocycles. The lowest BCUT2D eigenvalue weighted by molar-refractivity contribution is 0.0702. The molecular formula is C24H30N2O3. The fourth-order valence-corrected chi connectivity index (χ4v) is 3.77. The number of hydrogen-bond donors (Lipinski definition) is 1. The minimum Gasteiger partial charge on any atom is -0.490 e. The van der Waals surface area contributed by atoms with Gasteiger partial charge in [-0.2, -0.15) is 0 Å². The number of ether oxygens (including phenoxy) is 2. The first-order chi connectivity index (χ1) is 14.2. The minimum absolute atomic E-state index is 0.0372. The van der Waals surface area contributed by atoms with Crippen LogP contribution in [0.15, 0.2) is 48.5 Å². The number of piperidine rings is 1. The molecule has 2 aromatic rings. The maximum Gasteiger partial charge on any atom is 0.257 e. The van der Waals surface area contributed by atoms with Crippen molar-refractivity contribution in [3.8, 4) is 17.2 Å². The van der Waals surface area contributed by atoms with Crippen molar-refractivity contribution in [2.45, 2.75) is 38.6 Å². The normalized spacial score (nSPS) is 17.2. The first-order valence-electron chi connectivity index (χ1n) is 10.8. The summed E-state index contributed by atoms with van der Waals surface area (Å²) < 4.78 is 11.8. The summed E-state index contributed by atoms with van der Waals surface area (Å²) >= 11 is 0. The monoisotopic (exact) mass is 394 g/mol. The Morgan fingerprint density at radius 2 is 1.62 bits per heavy atom. The van der Waals surface area contributed by atoms with Crippen LogP contribution in [0.5, 0.6) is 17.2 Å². The van der Waals surface area contributed by atoms with E-state index in [-0.39, 0.29) is 5.91 Å². The Morgan fingerprint density at radius 1 is 0.966 bits per heavy atom. The van der Waals surface area contributed by atoms with E-state index in [9.17, 15) is 4.79 Å². The van der Waals surface area contributed by atoms with Gasteiger partial charge in [-0.05, 0) is 69.3 Å². The highest BCUT2D eigenvalue weighted by Gasteiger charge is 2.27. The van der Waals surface area contributed by atoms with Gasteiger partial charge in [-0.25, -0.2) is 0 Å². The second-order valence-corrected chi connectivity index (χ2v) is 7.90. The average Bonchev–Trinajstić information content (AvgIpc) is 3.59. The molecule has 4 rings (SSSR count). The fraction of sp³-hybridized carbons (Fsp3) is 0.458. The van der Waals surface area contributed by atoms with Crippen LogP contribution < -0.4 is 14.8 Å². The van der Waals surface area contributed by atoms with E-state index in [2.05, 4.69) is 5.32 Å². The molecule has 5 heteroatoms. The van der Waals surface area contributed by atoms with Gasteiger partial charge in [0.15, 0.2) is 11.5 Å². The lowest BCUT2D eigenvalue weighted by Crippen LogP contribution is -2.45. The van der Waals surface area contributed by atoms with Crippen molar-refractivity contribution in [2.24, 2.45) is 5.92 Å². The number of nitrogens with one attached hydrogen (secondary N) is 1. The second kappa shape index (κ2) is 9.31. The van der Waals surface area contributed by atoms with Crippen molar-refractivity contribution < 1.29 is 14.3 Å². The molecule has 29 heavy (non-hydrogen) atoms. The average molecular weight is 395 g/mol. The van der Waals surface area contributed by atoms with E-state index >= 15 is 0 Å². The highest BCUT2D eigenvalue weighted by atomic mass is 16.5. The lowest BCUT2D eigenvalue weighted by atomic mass is 10.0. The zero-order chi connectivity index (χ0) is 20.1. The van der Waals surface area contributed by atoms with Gasteiger partial charge in [-0.15, -0.1) is 0 Å². The molecule has 0 atom stereocenters. The Kier molecular flexibility index (Phi) is 6.35. The van der Waals surface area contributed by atoms with Crippen LogP contribution in [-0.2, 0) is 0 Å². The van der Waals surface area contributed by atoms with E-state index in [1.54, 1.807) is 0 Å².